The molecule has 3 aromatic rings. The van der Waals surface area contributed by atoms with E-state index < -0.39 is 6.09 Å². The van der Waals surface area contributed by atoms with Crippen molar-refractivity contribution in [1.82, 2.24) is 10.2 Å². The summed E-state index contributed by atoms with van der Waals surface area (Å²) < 4.78 is 28.4. The third-order valence-corrected chi connectivity index (χ3v) is 7.53. The van der Waals surface area contributed by atoms with Gasteiger partial charge >= 0.3 is 6.09 Å². The molecule has 0 aromatic heterocycles. The number of nitrogens with zero attached hydrogens (tertiary/aromatic N) is 1. The minimum Gasteiger partial charge on any atom is -0.496 e. The zero-order valence-corrected chi connectivity index (χ0v) is 25.4. The quantitative estimate of drug-likeness (QED) is 0.216. The number of carbonyl (C=O) groups excluding carboxylic acids is 1. The number of para-hydroxylation sites is 1. The second-order valence-electron chi connectivity index (χ2n) is 10.6. The molecular weight excluding hydrogens is 564 g/mol. The summed E-state index contributed by atoms with van der Waals surface area (Å²) in [5.41, 5.74) is 3.45. The molecule has 1 aliphatic rings. The van der Waals surface area contributed by atoms with Crippen LogP contribution in [0.1, 0.15) is 45.8 Å². The highest BCUT2D eigenvalue weighted by atomic mass is 16.5. The molecule has 0 aliphatic carbocycles. The topological polar surface area (TPSA) is 116 Å². The number of benzene rings is 3. The van der Waals surface area contributed by atoms with E-state index in [-0.39, 0.29) is 31.1 Å². The molecule has 2 N–H and O–H groups in total. The molecule has 0 radical (unpaired) electrons. The van der Waals surface area contributed by atoms with E-state index in [2.05, 4.69) is 5.32 Å². The number of nitrogens with one attached hydrogen (secondary N) is 1. The molecule has 2 unspecified atom stereocenters. The first-order valence-corrected chi connectivity index (χ1v) is 14.9. The molecule has 1 aliphatic heterocycles. The Morgan fingerprint density at radius 1 is 0.955 bits per heavy atom. The van der Waals surface area contributed by atoms with Gasteiger partial charge in [0.25, 0.3) is 5.91 Å². The number of hydrogen-bond donors (Lipinski definition) is 2. The molecule has 2 atom stereocenters. The van der Waals surface area contributed by atoms with E-state index in [9.17, 15) is 14.7 Å². The van der Waals surface area contributed by atoms with E-state index >= 15 is 0 Å². The Bertz CT molecular complexity index is 1330. The standard InChI is InChI=1S/C34H42N2O8/c1-40-20-16-35-33(37)27-9-5-7-25(21-27)23-44-32-22-36(34(38)39)17-15-30(32)26-11-13-29(14-12-26)43-19-6-18-42-24-28-8-3-4-10-31(28)41-2/h3-5,7-14,21,30,32H,6,15-20,22-24H2,1-2H3,(H,35,37)(H,38,39). The fraction of sp³-hybridized carbons (Fsp3) is 0.412. The summed E-state index contributed by atoms with van der Waals surface area (Å²) in [6.45, 7) is 3.40. The van der Waals surface area contributed by atoms with Gasteiger partial charge in [-0.1, -0.05) is 42.5 Å². The monoisotopic (exact) mass is 606 g/mol. The van der Waals surface area contributed by atoms with Crippen LogP contribution >= 0.6 is 0 Å². The van der Waals surface area contributed by atoms with Crippen LogP contribution in [0.5, 0.6) is 11.5 Å². The predicted octanol–water partition coefficient (Wildman–Crippen LogP) is 5.11. The number of carboxylic acid groups (broad SMARTS) is 1. The van der Waals surface area contributed by atoms with Crippen LogP contribution < -0.4 is 14.8 Å². The molecule has 10 nitrogen and oxygen atoms in total. The number of amides is 2. The van der Waals surface area contributed by atoms with Gasteiger partial charge in [-0.25, -0.2) is 4.79 Å². The van der Waals surface area contributed by atoms with Crippen LogP contribution in [-0.4, -0.2) is 81.8 Å². The van der Waals surface area contributed by atoms with Gasteiger partial charge in [0, 0.05) is 43.7 Å². The molecule has 2 amide bonds. The maximum absolute atomic E-state index is 12.4. The molecule has 1 heterocycles. The number of methoxy groups -OCH3 is 2. The number of rotatable bonds is 16. The summed E-state index contributed by atoms with van der Waals surface area (Å²) in [7, 11) is 3.24. The van der Waals surface area contributed by atoms with Crippen molar-refractivity contribution in [2.24, 2.45) is 0 Å². The normalized spacial score (nSPS) is 16.4. The van der Waals surface area contributed by atoms with Gasteiger partial charge in [-0.2, -0.15) is 0 Å². The van der Waals surface area contributed by atoms with Crippen LogP contribution in [0.3, 0.4) is 0 Å². The summed E-state index contributed by atoms with van der Waals surface area (Å²) >= 11 is 0. The van der Waals surface area contributed by atoms with E-state index in [1.54, 1.807) is 26.4 Å². The van der Waals surface area contributed by atoms with Gasteiger partial charge in [-0.3, -0.25) is 4.79 Å². The lowest BCUT2D eigenvalue weighted by molar-refractivity contribution is -0.0199. The lowest BCUT2D eigenvalue weighted by atomic mass is 9.87. The van der Waals surface area contributed by atoms with Crippen molar-refractivity contribution < 1.29 is 38.4 Å². The van der Waals surface area contributed by atoms with Gasteiger partial charge in [0.2, 0.25) is 0 Å². The minimum atomic E-state index is -0.956. The third-order valence-electron chi connectivity index (χ3n) is 7.53. The summed E-state index contributed by atoms with van der Waals surface area (Å²) in [6.07, 6.45) is 0.0904. The molecule has 44 heavy (non-hydrogen) atoms. The van der Waals surface area contributed by atoms with E-state index in [4.69, 9.17) is 23.7 Å². The number of ether oxygens (including phenoxy) is 5. The van der Waals surface area contributed by atoms with Gasteiger partial charge in [-0.15, -0.1) is 0 Å². The van der Waals surface area contributed by atoms with Gasteiger partial charge in [0.05, 0.1) is 52.8 Å². The van der Waals surface area contributed by atoms with Crippen LogP contribution in [-0.2, 0) is 27.4 Å². The van der Waals surface area contributed by atoms with Crippen molar-refractivity contribution >= 4 is 12.0 Å². The maximum atomic E-state index is 12.4. The average molecular weight is 607 g/mol. The van der Waals surface area contributed by atoms with Crippen molar-refractivity contribution in [2.45, 2.75) is 38.1 Å². The molecule has 236 valence electrons. The van der Waals surface area contributed by atoms with Crippen LogP contribution in [0.15, 0.2) is 72.8 Å². The van der Waals surface area contributed by atoms with E-state index in [0.29, 0.717) is 51.5 Å². The summed E-state index contributed by atoms with van der Waals surface area (Å²) in [5.74, 6) is 1.42. The zero-order valence-electron chi connectivity index (χ0n) is 25.4. The fourth-order valence-electron chi connectivity index (χ4n) is 5.18. The average Bonchev–Trinajstić information content (AvgIpc) is 3.06. The number of piperidine rings is 1. The Hall–Kier alpha value is -4.12. The Kier molecular flexibility index (Phi) is 12.8. The van der Waals surface area contributed by atoms with E-state index in [0.717, 1.165) is 34.6 Å². The predicted molar refractivity (Wildman–Crippen MR) is 165 cm³/mol. The first kappa shape index (κ1) is 32.8. The fourth-order valence-corrected chi connectivity index (χ4v) is 5.18. The SMILES string of the molecule is COCCNC(=O)c1cccc(COC2CN(C(=O)O)CCC2c2ccc(OCCCOCc3ccccc3OC)cc2)c1. The molecule has 1 saturated heterocycles. The van der Waals surface area contributed by atoms with Crippen molar-refractivity contribution in [3.05, 3.63) is 95.1 Å². The van der Waals surface area contributed by atoms with Crippen LogP contribution in [0.2, 0.25) is 0 Å². The zero-order chi connectivity index (χ0) is 31.1. The first-order valence-electron chi connectivity index (χ1n) is 14.9. The first-order chi connectivity index (χ1) is 21.5. The Labute approximate surface area is 258 Å². The third kappa shape index (κ3) is 9.70. The summed E-state index contributed by atoms with van der Waals surface area (Å²) in [4.78, 5) is 25.6. The molecule has 4 rings (SSSR count). The molecule has 0 bridgehead atoms. The highest BCUT2D eigenvalue weighted by Gasteiger charge is 2.33. The maximum Gasteiger partial charge on any atom is 0.407 e. The second kappa shape index (κ2) is 17.2. The molecule has 0 saturated carbocycles. The van der Waals surface area contributed by atoms with Gasteiger partial charge in [0.15, 0.2) is 0 Å². The van der Waals surface area contributed by atoms with Crippen molar-refractivity contribution in [1.29, 1.82) is 0 Å². The lowest BCUT2D eigenvalue weighted by Crippen LogP contribution is -2.46. The number of hydrogen-bond acceptors (Lipinski definition) is 7. The summed E-state index contributed by atoms with van der Waals surface area (Å²) in [5, 5.41) is 12.4. The van der Waals surface area contributed by atoms with Crippen LogP contribution in [0.4, 0.5) is 4.79 Å². The Balaban J connectivity index is 1.28. The van der Waals surface area contributed by atoms with Gasteiger partial charge in [0.1, 0.15) is 11.5 Å². The Morgan fingerprint density at radius 2 is 1.77 bits per heavy atom. The second-order valence-corrected chi connectivity index (χ2v) is 10.6. The number of likely N-dealkylation sites (tertiary alicyclic amines) is 1. The van der Waals surface area contributed by atoms with E-state index in [1.807, 2.05) is 60.7 Å². The molecule has 1 fully saturated rings. The highest BCUT2D eigenvalue weighted by molar-refractivity contribution is 5.94. The van der Waals surface area contributed by atoms with E-state index in [1.165, 1.54) is 4.90 Å². The van der Waals surface area contributed by atoms with Gasteiger partial charge in [-0.05, 0) is 47.9 Å². The van der Waals surface area contributed by atoms with Crippen LogP contribution in [0, 0.1) is 0 Å². The molecule has 3 aromatic carbocycles. The largest absolute Gasteiger partial charge is 0.496 e. The summed E-state index contributed by atoms with van der Waals surface area (Å²) in [6, 6.07) is 23.0. The smallest absolute Gasteiger partial charge is 0.407 e. The van der Waals surface area contributed by atoms with Crippen molar-refractivity contribution in [3.63, 3.8) is 0 Å². The van der Waals surface area contributed by atoms with Gasteiger partial charge < -0.3 is 39.0 Å². The lowest BCUT2D eigenvalue weighted by Gasteiger charge is -2.37. The Morgan fingerprint density at radius 3 is 2.55 bits per heavy atom. The molecule has 0 spiro atoms. The minimum absolute atomic E-state index is 0.0172. The van der Waals surface area contributed by atoms with Crippen molar-refractivity contribution in [2.75, 3.05) is 53.7 Å². The molecular formula is C34H42N2O8. The van der Waals surface area contributed by atoms with Crippen molar-refractivity contribution in [3.8, 4) is 11.5 Å². The van der Waals surface area contributed by atoms with Crippen LogP contribution in [0.25, 0.3) is 0 Å². The molecule has 10 heteroatoms. The number of carbonyl (C=O) groups is 2. The highest BCUT2D eigenvalue weighted by Crippen LogP contribution is 2.32.